The van der Waals surface area contributed by atoms with Crippen LogP contribution in [0.25, 0.3) is 0 Å². The van der Waals surface area contributed by atoms with Crippen molar-refractivity contribution in [3.63, 3.8) is 0 Å². The van der Waals surface area contributed by atoms with Gasteiger partial charge >= 0.3 is 5.97 Å². The summed E-state index contributed by atoms with van der Waals surface area (Å²) in [6.45, 7) is 2.31. The molecular formula is C24H27N5O2. The quantitative estimate of drug-likeness (QED) is 0.207. The molecule has 1 heterocycles. The minimum Gasteiger partial charge on any atom is -0.462 e. The third-order valence-corrected chi connectivity index (χ3v) is 4.96. The van der Waals surface area contributed by atoms with E-state index in [1.807, 2.05) is 43.5 Å². The van der Waals surface area contributed by atoms with E-state index in [-0.39, 0.29) is 17.6 Å². The fourth-order valence-corrected chi connectivity index (χ4v) is 3.39. The molecule has 3 rings (SSSR count). The highest BCUT2D eigenvalue weighted by Crippen LogP contribution is 2.23. The topological polar surface area (TPSA) is 142 Å². The van der Waals surface area contributed by atoms with E-state index in [2.05, 4.69) is 4.98 Å². The number of esters is 1. The fraction of sp³-hybridized carbons (Fsp3) is 0.208. The molecule has 1 aromatic heterocycles. The first kappa shape index (κ1) is 21.8. The summed E-state index contributed by atoms with van der Waals surface area (Å²) in [6, 6.07) is 14.8. The number of carbonyl (C=O) groups is 1. The number of nitrogens with one attached hydrogen (secondary N) is 3. The van der Waals surface area contributed by atoms with E-state index in [9.17, 15) is 4.79 Å². The lowest BCUT2D eigenvalue weighted by Gasteiger charge is -2.09. The van der Waals surface area contributed by atoms with Crippen molar-refractivity contribution in [1.82, 2.24) is 4.98 Å². The van der Waals surface area contributed by atoms with E-state index >= 15 is 0 Å². The maximum Gasteiger partial charge on any atom is 0.340 e. The Morgan fingerprint density at radius 3 is 2.32 bits per heavy atom. The lowest BCUT2D eigenvalue weighted by molar-refractivity contribution is 0.0503. The minimum absolute atomic E-state index is 0.00520. The van der Waals surface area contributed by atoms with Crippen LogP contribution in [-0.4, -0.2) is 29.2 Å². The predicted molar refractivity (Wildman–Crippen MR) is 122 cm³/mol. The number of H-pyrrole nitrogens is 1. The molecule has 7 heteroatoms. The maximum absolute atomic E-state index is 12.9. The van der Waals surface area contributed by atoms with E-state index < -0.39 is 0 Å². The number of hydrogen-bond acceptors (Lipinski definition) is 4. The number of rotatable bonds is 9. The van der Waals surface area contributed by atoms with Crippen LogP contribution in [0.5, 0.6) is 0 Å². The van der Waals surface area contributed by atoms with Crippen LogP contribution in [0.2, 0.25) is 0 Å². The Morgan fingerprint density at radius 2 is 1.68 bits per heavy atom. The first-order valence-corrected chi connectivity index (χ1v) is 10.1. The van der Waals surface area contributed by atoms with Crippen LogP contribution in [0, 0.1) is 10.8 Å². The summed E-state index contributed by atoms with van der Waals surface area (Å²) in [5, 5.41) is 15.2. The number of aromatic nitrogens is 1. The molecule has 7 N–H and O–H groups in total. The normalized spacial score (nSPS) is 10.6. The Bertz CT molecular complexity index is 1100. The van der Waals surface area contributed by atoms with Gasteiger partial charge in [0.05, 0.1) is 12.2 Å². The van der Waals surface area contributed by atoms with E-state index in [4.69, 9.17) is 27.0 Å². The Labute approximate surface area is 181 Å². The molecule has 2 aromatic carbocycles. The van der Waals surface area contributed by atoms with Gasteiger partial charge in [-0.05, 0) is 35.6 Å². The standard InChI is InChI=1S/C24H27N5O2/c1-2-10-31-24(30)21-19(11-15-6-8-17(9-7-15)22(25)26)14-29-20(21)13-16-4-3-5-18(12-16)23(27)28/h3-9,12,14,29H,2,10-11,13H2,1H3,(H3,25,26)(H3,27,28). The van der Waals surface area contributed by atoms with Crippen molar-refractivity contribution in [2.45, 2.75) is 26.2 Å². The first-order chi connectivity index (χ1) is 14.9. The van der Waals surface area contributed by atoms with Gasteiger partial charge in [0.15, 0.2) is 0 Å². The first-order valence-electron chi connectivity index (χ1n) is 10.1. The van der Waals surface area contributed by atoms with E-state index in [1.165, 1.54) is 0 Å². The van der Waals surface area contributed by atoms with Gasteiger partial charge in [-0.3, -0.25) is 10.8 Å². The van der Waals surface area contributed by atoms with Gasteiger partial charge in [-0.2, -0.15) is 0 Å². The molecule has 160 valence electrons. The third kappa shape index (κ3) is 5.39. The molecule has 0 fully saturated rings. The van der Waals surface area contributed by atoms with Crippen molar-refractivity contribution in [2.24, 2.45) is 11.5 Å². The number of nitrogens with two attached hydrogens (primary N) is 2. The zero-order chi connectivity index (χ0) is 22.4. The molecule has 3 aromatic rings. The van der Waals surface area contributed by atoms with Gasteiger partial charge in [0.1, 0.15) is 11.7 Å². The molecule has 7 nitrogen and oxygen atoms in total. The molecule has 0 bridgehead atoms. The van der Waals surface area contributed by atoms with Crippen LogP contribution in [0.15, 0.2) is 54.7 Å². The molecule has 0 radical (unpaired) electrons. The molecule has 0 atom stereocenters. The summed E-state index contributed by atoms with van der Waals surface area (Å²) in [6.07, 6.45) is 3.61. The SMILES string of the molecule is CCCOC(=O)c1c(Cc2ccc(C(=N)N)cc2)c[nH]c1Cc1cccc(C(=N)N)c1. The van der Waals surface area contributed by atoms with Crippen LogP contribution < -0.4 is 11.5 Å². The largest absolute Gasteiger partial charge is 0.462 e. The van der Waals surface area contributed by atoms with Gasteiger partial charge in [0.2, 0.25) is 0 Å². The molecule has 0 aliphatic carbocycles. The lowest BCUT2D eigenvalue weighted by atomic mass is 9.98. The summed E-state index contributed by atoms with van der Waals surface area (Å²) >= 11 is 0. The molecule has 31 heavy (non-hydrogen) atoms. The summed E-state index contributed by atoms with van der Waals surface area (Å²) in [5.41, 5.74) is 16.5. The number of benzene rings is 2. The van der Waals surface area contributed by atoms with Crippen molar-refractivity contribution >= 4 is 17.6 Å². The van der Waals surface area contributed by atoms with Gasteiger partial charge in [-0.1, -0.05) is 49.4 Å². The lowest BCUT2D eigenvalue weighted by Crippen LogP contribution is -2.12. The minimum atomic E-state index is -0.351. The third-order valence-electron chi connectivity index (χ3n) is 4.96. The number of hydrogen-bond donors (Lipinski definition) is 5. The Hall–Kier alpha value is -3.87. The monoisotopic (exact) mass is 417 g/mol. The van der Waals surface area contributed by atoms with Crippen LogP contribution >= 0.6 is 0 Å². The van der Waals surface area contributed by atoms with Crippen molar-refractivity contribution < 1.29 is 9.53 Å². The highest BCUT2D eigenvalue weighted by atomic mass is 16.5. The number of nitrogen functional groups attached to an aromatic ring is 2. The molecule has 0 amide bonds. The van der Waals surface area contributed by atoms with Gasteiger partial charge in [-0.25, -0.2) is 4.79 Å². The van der Waals surface area contributed by atoms with Crippen LogP contribution in [0.1, 0.15) is 57.2 Å². The fourth-order valence-electron chi connectivity index (χ4n) is 3.39. The van der Waals surface area contributed by atoms with E-state index in [1.54, 1.807) is 18.2 Å². The zero-order valence-corrected chi connectivity index (χ0v) is 17.5. The van der Waals surface area contributed by atoms with Crippen LogP contribution in [-0.2, 0) is 17.6 Å². The number of ether oxygens (including phenoxy) is 1. The average Bonchev–Trinajstić information content (AvgIpc) is 3.14. The number of aromatic amines is 1. The molecular weight excluding hydrogens is 390 g/mol. The second-order valence-electron chi connectivity index (χ2n) is 7.38. The number of carbonyl (C=O) groups excluding carboxylic acids is 1. The highest BCUT2D eigenvalue weighted by Gasteiger charge is 2.20. The van der Waals surface area contributed by atoms with E-state index in [0.717, 1.165) is 28.8 Å². The van der Waals surface area contributed by atoms with Crippen LogP contribution in [0.4, 0.5) is 0 Å². The van der Waals surface area contributed by atoms with Crippen molar-refractivity contribution in [3.05, 3.63) is 93.8 Å². The summed E-state index contributed by atoms with van der Waals surface area (Å²) in [4.78, 5) is 16.1. The Balaban J connectivity index is 1.91. The summed E-state index contributed by atoms with van der Waals surface area (Å²) < 4.78 is 5.45. The smallest absolute Gasteiger partial charge is 0.340 e. The zero-order valence-electron chi connectivity index (χ0n) is 17.5. The van der Waals surface area contributed by atoms with Crippen molar-refractivity contribution in [3.8, 4) is 0 Å². The molecule has 0 unspecified atom stereocenters. The van der Waals surface area contributed by atoms with Crippen LogP contribution in [0.3, 0.4) is 0 Å². The van der Waals surface area contributed by atoms with Gasteiger partial charge in [0.25, 0.3) is 0 Å². The average molecular weight is 418 g/mol. The van der Waals surface area contributed by atoms with Gasteiger partial charge in [-0.15, -0.1) is 0 Å². The molecule has 0 saturated carbocycles. The number of amidine groups is 2. The maximum atomic E-state index is 12.9. The van der Waals surface area contributed by atoms with E-state index in [0.29, 0.717) is 36.1 Å². The second kappa shape index (κ2) is 9.75. The summed E-state index contributed by atoms with van der Waals surface area (Å²) in [7, 11) is 0. The molecule has 0 spiro atoms. The molecule has 0 aliphatic rings. The molecule has 0 saturated heterocycles. The highest BCUT2D eigenvalue weighted by molar-refractivity contribution is 5.96. The summed E-state index contributed by atoms with van der Waals surface area (Å²) in [5.74, 6) is -0.325. The Morgan fingerprint density at radius 1 is 0.968 bits per heavy atom. The van der Waals surface area contributed by atoms with Gasteiger partial charge in [0, 0.05) is 29.4 Å². The van der Waals surface area contributed by atoms with Gasteiger partial charge < -0.3 is 21.2 Å². The molecule has 0 aliphatic heterocycles. The second-order valence-corrected chi connectivity index (χ2v) is 7.38. The predicted octanol–water partition coefficient (Wildman–Crippen LogP) is 3.33. The van der Waals surface area contributed by atoms with Crippen molar-refractivity contribution in [2.75, 3.05) is 6.61 Å². The Kier molecular flexibility index (Phi) is 6.87. The van der Waals surface area contributed by atoms with Crippen molar-refractivity contribution in [1.29, 1.82) is 10.8 Å².